The minimum Gasteiger partial charge on any atom is -0.323 e. The summed E-state index contributed by atoms with van der Waals surface area (Å²) in [4.78, 5) is 12.4. The number of carbonyl (C=O) groups excluding carboxylic acids is 1. The zero-order valence-corrected chi connectivity index (χ0v) is 17.6. The molecule has 0 aliphatic heterocycles. The number of nitrogens with one attached hydrogen (secondary N) is 1. The van der Waals surface area contributed by atoms with E-state index in [9.17, 15) is 9.18 Å². The SMILES string of the molecule is CC(Sc1nnc(-c2ccc(Cl)cc2)n1C)C(=O)Nc1ccc(Br)cc1F. The van der Waals surface area contributed by atoms with Crippen LogP contribution in [-0.4, -0.2) is 25.9 Å². The van der Waals surface area contributed by atoms with Gasteiger partial charge >= 0.3 is 0 Å². The van der Waals surface area contributed by atoms with Crippen LogP contribution in [0.15, 0.2) is 52.1 Å². The summed E-state index contributed by atoms with van der Waals surface area (Å²) in [6.45, 7) is 1.73. The van der Waals surface area contributed by atoms with Crippen molar-refractivity contribution in [1.29, 1.82) is 0 Å². The first-order valence-corrected chi connectivity index (χ1v) is 9.98. The largest absolute Gasteiger partial charge is 0.323 e. The Hall–Kier alpha value is -1.90. The van der Waals surface area contributed by atoms with Crippen molar-refractivity contribution in [1.82, 2.24) is 14.8 Å². The fourth-order valence-corrected chi connectivity index (χ4v) is 3.58. The van der Waals surface area contributed by atoms with Crippen molar-refractivity contribution >= 4 is 50.9 Å². The second kappa shape index (κ2) is 8.41. The van der Waals surface area contributed by atoms with Crippen molar-refractivity contribution in [2.45, 2.75) is 17.3 Å². The lowest BCUT2D eigenvalue weighted by molar-refractivity contribution is -0.115. The Morgan fingerprint density at radius 1 is 1.26 bits per heavy atom. The fraction of sp³-hybridized carbons (Fsp3) is 0.167. The Bertz CT molecular complexity index is 980. The van der Waals surface area contributed by atoms with Gasteiger partial charge in [-0.3, -0.25) is 4.79 Å². The van der Waals surface area contributed by atoms with Crippen LogP contribution in [0.25, 0.3) is 11.4 Å². The minimum atomic E-state index is -0.501. The van der Waals surface area contributed by atoms with E-state index in [4.69, 9.17) is 11.6 Å². The van der Waals surface area contributed by atoms with Gasteiger partial charge in [0.15, 0.2) is 11.0 Å². The van der Waals surface area contributed by atoms with Crippen LogP contribution in [-0.2, 0) is 11.8 Å². The van der Waals surface area contributed by atoms with Gasteiger partial charge in [0, 0.05) is 22.1 Å². The van der Waals surface area contributed by atoms with Crippen LogP contribution in [0.5, 0.6) is 0 Å². The van der Waals surface area contributed by atoms with Crippen molar-refractivity contribution in [3.05, 3.63) is 57.8 Å². The summed E-state index contributed by atoms with van der Waals surface area (Å²) in [5.41, 5.74) is 1.01. The summed E-state index contributed by atoms with van der Waals surface area (Å²) >= 11 is 10.3. The molecule has 0 aliphatic carbocycles. The quantitative estimate of drug-likeness (QED) is 0.525. The third-order valence-corrected chi connectivity index (χ3v) is 5.66. The molecular formula is C18H15BrClFN4OS. The van der Waals surface area contributed by atoms with Crippen molar-refractivity contribution in [2.24, 2.45) is 7.05 Å². The van der Waals surface area contributed by atoms with Crippen LogP contribution < -0.4 is 5.32 Å². The highest BCUT2D eigenvalue weighted by atomic mass is 79.9. The van der Waals surface area contributed by atoms with Crippen molar-refractivity contribution < 1.29 is 9.18 Å². The summed E-state index contributed by atoms with van der Waals surface area (Å²) in [6.07, 6.45) is 0. The molecule has 0 radical (unpaired) electrons. The van der Waals surface area contributed by atoms with Gasteiger partial charge in [-0.05, 0) is 49.4 Å². The number of hydrogen-bond donors (Lipinski definition) is 1. The Balaban J connectivity index is 1.71. The molecule has 5 nitrogen and oxygen atoms in total. The molecule has 3 rings (SSSR count). The lowest BCUT2D eigenvalue weighted by Gasteiger charge is -2.12. The summed E-state index contributed by atoms with van der Waals surface area (Å²) in [5, 5.41) is 11.7. The first-order chi connectivity index (χ1) is 12.8. The number of rotatable bonds is 5. The van der Waals surface area contributed by atoms with Gasteiger partial charge in [-0.25, -0.2) is 4.39 Å². The maximum atomic E-state index is 13.9. The number of halogens is 3. The average molecular weight is 470 g/mol. The molecule has 1 unspecified atom stereocenters. The molecule has 3 aromatic rings. The zero-order valence-electron chi connectivity index (χ0n) is 14.4. The Kier molecular flexibility index (Phi) is 6.18. The summed E-state index contributed by atoms with van der Waals surface area (Å²) < 4.78 is 16.3. The van der Waals surface area contributed by atoms with Gasteiger partial charge in [0.25, 0.3) is 0 Å². The van der Waals surface area contributed by atoms with E-state index in [0.29, 0.717) is 20.5 Å². The van der Waals surface area contributed by atoms with Gasteiger partial charge in [0.05, 0.1) is 10.9 Å². The Labute approximate surface area is 173 Å². The highest BCUT2D eigenvalue weighted by Gasteiger charge is 2.20. The molecule has 140 valence electrons. The van der Waals surface area contributed by atoms with E-state index in [1.165, 1.54) is 23.9 Å². The number of nitrogens with zero attached hydrogens (tertiary/aromatic N) is 3. The fourth-order valence-electron chi connectivity index (χ4n) is 2.30. The standard InChI is InChI=1S/C18H15BrClFN4OS/c1-10(17(26)22-15-8-5-12(19)9-14(15)21)27-18-24-23-16(25(18)2)11-3-6-13(20)7-4-11/h3-10H,1-2H3,(H,22,26). The number of benzene rings is 2. The number of aromatic nitrogens is 3. The molecular weight excluding hydrogens is 455 g/mol. The molecule has 1 aromatic heterocycles. The van der Waals surface area contributed by atoms with E-state index in [1.54, 1.807) is 29.7 Å². The molecule has 1 atom stereocenters. The van der Waals surface area contributed by atoms with E-state index in [-0.39, 0.29) is 11.6 Å². The third kappa shape index (κ3) is 4.69. The van der Waals surface area contributed by atoms with E-state index in [0.717, 1.165) is 5.56 Å². The molecule has 0 fully saturated rings. The van der Waals surface area contributed by atoms with Gasteiger partial charge < -0.3 is 9.88 Å². The van der Waals surface area contributed by atoms with Crippen LogP contribution in [0.2, 0.25) is 5.02 Å². The van der Waals surface area contributed by atoms with Crippen LogP contribution in [0.3, 0.4) is 0 Å². The first kappa shape index (κ1) is 19.9. The summed E-state index contributed by atoms with van der Waals surface area (Å²) in [7, 11) is 1.82. The Morgan fingerprint density at radius 2 is 1.96 bits per heavy atom. The molecule has 0 bridgehead atoms. The maximum absolute atomic E-state index is 13.9. The molecule has 0 saturated carbocycles. The number of amides is 1. The molecule has 9 heteroatoms. The predicted molar refractivity (Wildman–Crippen MR) is 109 cm³/mol. The van der Waals surface area contributed by atoms with Crippen LogP contribution in [0.1, 0.15) is 6.92 Å². The second-order valence-corrected chi connectivity index (χ2v) is 8.41. The Morgan fingerprint density at radius 3 is 2.63 bits per heavy atom. The van der Waals surface area contributed by atoms with Crippen LogP contribution in [0.4, 0.5) is 10.1 Å². The smallest absolute Gasteiger partial charge is 0.237 e. The second-order valence-electron chi connectivity index (χ2n) is 5.75. The molecule has 0 aliphatic rings. The average Bonchev–Trinajstić information content (AvgIpc) is 2.98. The van der Waals surface area contributed by atoms with Crippen LogP contribution in [0, 0.1) is 5.82 Å². The van der Waals surface area contributed by atoms with Crippen molar-refractivity contribution in [3.63, 3.8) is 0 Å². The number of thioether (sulfide) groups is 1. The van der Waals surface area contributed by atoms with E-state index < -0.39 is 11.1 Å². The molecule has 2 aromatic carbocycles. The van der Waals surface area contributed by atoms with Gasteiger partial charge in [0.1, 0.15) is 5.82 Å². The third-order valence-electron chi connectivity index (χ3n) is 3.78. The molecule has 0 spiro atoms. The minimum absolute atomic E-state index is 0.135. The van der Waals surface area contributed by atoms with Gasteiger partial charge in [-0.2, -0.15) is 0 Å². The number of hydrogen-bond acceptors (Lipinski definition) is 4. The molecule has 0 saturated heterocycles. The van der Waals surface area contributed by atoms with Gasteiger partial charge in [0.2, 0.25) is 5.91 Å². The summed E-state index contributed by atoms with van der Waals surface area (Å²) in [5.74, 6) is -0.156. The highest BCUT2D eigenvalue weighted by Crippen LogP contribution is 2.27. The predicted octanol–water partition coefficient (Wildman–Crippen LogP) is 5.16. The number of carbonyl (C=O) groups is 1. The van der Waals surface area contributed by atoms with E-state index in [2.05, 4.69) is 31.4 Å². The normalized spacial score (nSPS) is 12.0. The van der Waals surface area contributed by atoms with Crippen molar-refractivity contribution in [3.8, 4) is 11.4 Å². The van der Waals surface area contributed by atoms with Crippen LogP contribution >= 0.6 is 39.3 Å². The number of anilines is 1. The van der Waals surface area contributed by atoms with Gasteiger partial charge in [-0.1, -0.05) is 39.3 Å². The molecule has 1 amide bonds. The topological polar surface area (TPSA) is 59.8 Å². The van der Waals surface area contributed by atoms with Gasteiger partial charge in [-0.15, -0.1) is 10.2 Å². The lowest BCUT2D eigenvalue weighted by Crippen LogP contribution is -2.23. The van der Waals surface area contributed by atoms with Crippen molar-refractivity contribution in [2.75, 3.05) is 5.32 Å². The highest BCUT2D eigenvalue weighted by molar-refractivity contribution is 9.10. The van der Waals surface area contributed by atoms with E-state index >= 15 is 0 Å². The molecule has 1 N–H and O–H groups in total. The molecule has 1 heterocycles. The monoisotopic (exact) mass is 468 g/mol. The summed E-state index contributed by atoms with van der Waals surface area (Å²) in [6, 6.07) is 11.7. The zero-order chi connectivity index (χ0) is 19.6. The lowest BCUT2D eigenvalue weighted by atomic mass is 10.2. The van der Waals surface area contributed by atoms with E-state index in [1.807, 2.05) is 19.2 Å². The molecule has 27 heavy (non-hydrogen) atoms. The first-order valence-electron chi connectivity index (χ1n) is 7.93. The maximum Gasteiger partial charge on any atom is 0.237 e.